The van der Waals surface area contributed by atoms with Crippen LogP contribution in [0.15, 0.2) is 48.7 Å². The zero-order chi connectivity index (χ0) is 20.8. The van der Waals surface area contributed by atoms with Gasteiger partial charge < -0.3 is 14.8 Å². The molecular formula is C23H24N2O4. The van der Waals surface area contributed by atoms with Crippen molar-refractivity contribution >= 4 is 34.2 Å². The third kappa shape index (κ3) is 4.54. The van der Waals surface area contributed by atoms with Crippen molar-refractivity contribution in [2.75, 3.05) is 18.5 Å². The van der Waals surface area contributed by atoms with Gasteiger partial charge in [-0.2, -0.15) is 0 Å². The Morgan fingerprint density at radius 3 is 2.45 bits per heavy atom. The van der Waals surface area contributed by atoms with Gasteiger partial charge in [-0.15, -0.1) is 0 Å². The molecule has 1 heterocycles. The molecule has 3 rings (SSSR count). The van der Waals surface area contributed by atoms with Crippen LogP contribution in [0.3, 0.4) is 0 Å². The molecule has 0 fully saturated rings. The number of hydrogen-bond acceptors (Lipinski definition) is 6. The van der Waals surface area contributed by atoms with Crippen LogP contribution >= 0.6 is 0 Å². The van der Waals surface area contributed by atoms with Gasteiger partial charge in [-0.1, -0.05) is 25.1 Å². The van der Waals surface area contributed by atoms with Crippen LogP contribution in [0.4, 0.5) is 11.4 Å². The number of pyridine rings is 1. The molecule has 0 atom stereocenters. The van der Waals surface area contributed by atoms with Crippen molar-refractivity contribution in [3.05, 3.63) is 65.4 Å². The first-order valence-electron chi connectivity index (χ1n) is 9.64. The number of carbonyl (C=O) groups is 2. The summed E-state index contributed by atoms with van der Waals surface area (Å²) in [6, 6.07) is 12.8. The highest BCUT2D eigenvalue weighted by Crippen LogP contribution is 2.31. The molecule has 0 unspecified atom stereocenters. The van der Waals surface area contributed by atoms with Gasteiger partial charge in [-0.3, -0.25) is 4.98 Å². The molecule has 0 aliphatic carbocycles. The fraction of sp³-hybridized carbons (Fsp3) is 0.261. The van der Waals surface area contributed by atoms with Crippen molar-refractivity contribution in [1.29, 1.82) is 0 Å². The Morgan fingerprint density at radius 2 is 1.76 bits per heavy atom. The zero-order valence-electron chi connectivity index (χ0n) is 16.8. The number of para-hydroxylation sites is 1. The van der Waals surface area contributed by atoms with E-state index in [1.54, 1.807) is 31.2 Å². The van der Waals surface area contributed by atoms with E-state index in [0.717, 1.165) is 28.6 Å². The van der Waals surface area contributed by atoms with E-state index in [0.29, 0.717) is 23.4 Å². The summed E-state index contributed by atoms with van der Waals surface area (Å²) in [6.07, 6.45) is 2.31. The van der Waals surface area contributed by atoms with Crippen LogP contribution in [0.1, 0.15) is 46.5 Å². The molecule has 0 aliphatic heterocycles. The summed E-state index contributed by atoms with van der Waals surface area (Å²) in [5.74, 6) is -0.790. The summed E-state index contributed by atoms with van der Waals surface area (Å²) < 4.78 is 10.3. The highest BCUT2D eigenvalue weighted by atomic mass is 16.5. The minimum Gasteiger partial charge on any atom is -0.462 e. The molecule has 0 spiro atoms. The molecule has 1 aromatic heterocycles. The lowest BCUT2D eigenvalue weighted by Gasteiger charge is -2.15. The maximum atomic E-state index is 12.5. The fourth-order valence-electron chi connectivity index (χ4n) is 2.98. The summed E-state index contributed by atoms with van der Waals surface area (Å²) in [4.78, 5) is 28.9. The van der Waals surface area contributed by atoms with E-state index in [4.69, 9.17) is 9.47 Å². The number of nitrogens with zero attached hydrogens (tertiary/aromatic N) is 1. The highest BCUT2D eigenvalue weighted by Gasteiger charge is 2.18. The van der Waals surface area contributed by atoms with Gasteiger partial charge in [0.05, 0.1) is 30.0 Å². The zero-order valence-corrected chi connectivity index (χ0v) is 16.8. The number of esters is 2. The van der Waals surface area contributed by atoms with Crippen LogP contribution in [0, 0.1) is 6.92 Å². The molecule has 0 amide bonds. The minimum absolute atomic E-state index is 0.276. The number of nitrogens with one attached hydrogen (secondary N) is 1. The normalized spacial score (nSPS) is 10.6. The molecule has 6 heteroatoms. The van der Waals surface area contributed by atoms with Gasteiger partial charge >= 0.3 is 11.9 Å². The fourth-order valence-corrected chi connectivity index (χ4v) is 2.98. The molecule has 29 heavy (non-hydrogen) atoms. The smallest absolute Gasteiger partial charge is 0.341 e. The Morgan fingerprint density at radius 1 is 1.00 bits per heavy atom. The summed E-state index contributed by atoms with van der Waals surface area (Å²) >= 11 is 0. The first kappa shape index (κ1) is 20.3. The Bertz CT molecular complexity index is 1030. The largest absolute Gasteiger partial charge is 0.462 e. The third-order valence-corrected chi connectivity index (χ3v) is 4.42. The molecule has 0 radical (unpaired) electrons. The standard InChI is InChI=1S/C23H24N2O4/c1-4-13-29-22(26)16-9-11-17(12-10-16)25-21-18-8-6-7-15(3)20(18)24-14-19(21)23(27)28-5-2/h6-12,14H,4-5,13H2,1-3H3,(H,24,25). The number of fused-ring (bicyclic) bond motifs is 1. The SMILES string of the molecule is CCCOC(=O)c1ccc(Nc2c(C(=O)OCC)cnc3c(C)cccc23)cc1. The number of ether oxygens (including phenoxy) is 2. The quantitative estimate of drug-likeness (QED) is 0.568. The third-order valence-electron chi connectivity index (χ3n) is 4.42. The summed E-state index contributed by atoms with van der Waals surface area (Å²) in [6.45, 7) is 6.35. The van der Waals surface area contributed by atoms with Crippen molar-refractivity contribution in [2.24, 2.45) is 0 Å². The lowest BCUT2D eigenvalue weighted by Crippen LogP contribution is -2.10. The molecule has 150 valence electrons. The predicted molar refractivity (Wildman–Crippen MR) is 113 cm³/mol. The van der Waals surface area contributed by atoms with Crippen LogP contribution in [0.2, 0.25) is 0 Å². The van der Waals surface area contributed by atoms with Gasteiger partial charge in [0.2, 0.25) is 0 Å². The lowest BCUT2D eigenvalue weighted by molar-refractivity contribution is 0.0501. The van der Waals surface area contributed by atoms with Gasteiger partial charge in [0.1, 0.15) is 5.56 Å². The average Bonchev–Trinajstić information content (AvgIpc) is 2.73. The Balaban J connectivity index is 1.97. The van der Waals surface area contributed by atoms with E-state index in [1.807, 2.05) is 32.0 Å². The van der Waals surface area contributed by atoms with Gasteiger partial charge in [0, 0.05) is 17.3 Å². The molecule has 0 saturated heterocycles. The maximum Gasteiger partial charge on any atom is 0.341 e. The van der Waals surface area contributed by atoms with Gasteiger partial charge in [-0.05, 0) is 50.1 Å². The summed E-state index contributed by atoms with van der Waals surface area (Å²) in [7, 11) is 0. The van der Waals surface area contributed by atoms with E-state index >= 15 is 0 Å². The molecular weight excluding hydrogens is 368 g/mol. The van der Waals surface area contributed by atoms with Crippen LogP contribution in [-0.2, 0) is 9.47 Å². The topological polar surface area (TPSA) is 77.5 Å². The highest BCUT2D eigenvalue weighted by molar-refractivity contribution is 6.06. The Labute approximate surface area is 169 Å². The number of hydrogen-bond donors (Lipinski definition) is 1. The number of rotatable bonds is 7. The lowest BCUT2D eigenvalue weighted by atomic mass is 10.1. The van der Waals surface area contributed by atoms with E-state index in [9.17, 15) is 9.59 Å². The maximum absolute atomic E-state index is 12.5. The van der Waals surface area contributed by atoms with Crippen molar-refractivity contribution in [3.8, 4) is 0 Å². The summed E-state index contributed by atoms with van der Waals surface area (Å²) in [5.41, 5.74) is 4.01. The second kappa shape index (κ2) is 9.19. The van der Waals surface area contributed by atoms with E-state index < -0.39 is 5.97 Å². The molecule has 6 nitrogen and oxygen atoms in total. The number of anilines is 2. The van der Waals surface area contributed by atoms with Gasteiger partial charge in [0.15, 0.2) is 0 Å². The average molecular weight is 392 g/mol. The van der Waals surface area contributed by atoms with E-state index in [2.05, 4.69) is 10.3 Å². The first-order valence-corrected chi connectivity index (χ1v) is 9.64. The van der Waals surface area contributed by atoms with E-state index in [-0.39, 0.29) is 12.6 Å². The number of carbonyl (C=O) groups excluding carboxylic acids is 2. The number of benzene rings is 2. The molecule has 0 bridgehead atoms. The van der Waals surface area contributed by atoms with Crippen LogP contribution in [0.5, 0.6) is 0 Å². The van der Waals surface area contributed by atoms with E-state index in [1.165, 1.54) is 6.20 Å². The predicted octanol–water partition coefficient (Wildman–Crippen LogP) is 5.03. The van der Waals surface area contributed by atoms with Crippen molar-refractivity contribution in [3.63, 3.8) is 0 Å². The molecule has 1 N–H and O–H groups in total. The van der Waals surface area contributed by atoms with Crippen LogP contribution in [0.25, 0.3) is 10.9 Å². The van der Waals surface area contributed by atoms with Gasteiger partial charge in [0.25, 0.3) is 0 Å². The van der Waals surface area contributed by atoms with Crippen molar-refractivity contribution in [2.45, 2.75) is 27.2 Å². The number of aryl methyl sites for hydroxylation is 1. The second-order valence-corrected chi connectivity index (χ2v) is 6.58. The van der Waals surface area contributed by atoms with Crippen LogP contribution < -0.4 is 5.32 Å². The minimum atomic E-state index is -0.439. The van der Waals surface area contributed by atoms with Crippen molar-refractivity contribution < 1.29 is 19.1 Å². The number of aromatic nitrogens is 1. The first-order chi connectivity index (χ1) is 14.0. The Hall–Kier alpha value is -3.41. The molecule has 0 saturated carbocycles. The van der Waals surface area contributed by atoms with Crippen molar-refractivity contribution in [1.82, 2.24) is 4.98 Å². The summed E-state index contributed by atoms with van der Waals surface area (Å²) in [5, 5.41) is 4.12. The molecule has 3 aromatic rings. The second-order valence-electron chi connectivity index (χ2n) is 6.58. The van der Waals surface area contributed by atoms with Crippen LogP contribution in [-0.4, -0.2) is 30.1 Å². The molecule has 0 aliphatic rings. The Kier molecular flexibility index (Phi) is 6.44. The monoisotopic (exact) mass is 392 g/mol. The van der Waals surface area contributed by atoms with Gasteiger partial charge in [-0.25, -0.2) is 9.59 Å². The molecule has 2 aromatic carbocycles.